The molecule has 0 radical (unpaired) electrons. The molecule has 1 aromatic carbocycles. The number of nitrogens with one attached hydrogen (secondary N) is 1. The zero-order valence-corrected chi connectivity index (χ0v) is 13.4. The van der Waals surface area contributed by atoms with Crippen LogP contribution in [0.2, 0.25) is 0 Å². The van der Waals surface area contributed by atoms with E-state index in [0.717, 1.165) is 35.7 Å². The van der Waals surface area contributed by atoms with Crippen molar-refractivity contribution in [1.29, 1.82) is 0 Å². The van der Waals surface area contributed by atoms with E-state index in [-0.39, 0.29) is 11.8 Å². The maximum Gasteiger partial charge on any atom is 0.243 e. The standard InChI is InChI=1S/C17H19BrN2O/c18-13-7-5-6-12(10-13)11-19-20-17(21)16-14-8-3-1-2-4-9-15(14)16/h1-2,5-7,10-11,14-16H,3-4,8-9H2,(H,20,21). The van der Waals surface area contributed by atoms with Gasteiger partial charge in [-0.3, -0.25) is 4.79 Å². The molecule has 1 aromatic rings. The lowest BCUT2D eigenvalue weighted by Gasteiger charge is -1.99. The van der Waals surface area contributed by atoms with Crippen molar-refractivity contribution in [3.8, 4) is 0 Å². The highest BCUT2D eigenvalue weighted by Crippen LogP contribution is 2.52. The molecule has 2 aliphatic carbocycles. The number of hydrogen-bond acceptors (Lipinski definition) is 2. The summed E-state index contributed by atoms with van der Waals surface area (Å²) >= 11 is 3.42. The molecular formula is C17H19BrN2O. The average molecular weight is 347 g/mol. The third-order valence-corrected chi connectivity index (χ3v) is 4.86. The first-order valence-electron chi connectivity index (χ1n) is 7.49. The van der Waals surface area contributed by atoms with Crippen LogP contribution in [-0.2, 0) is 4.79 Å². The van der Waals surface area contributed by atoms with Crippen molar-refractivity contribution in [3.63, 3.8) is 0 Å². The maximum absolute atomic E-state index is 12.2. The van der Waals surface area contributed by atoms with Crippen molar-refractivity contribution in [3.05, 3.63) is 46.5 Å². The third kappa shape index (κ3) is 3.62. The number of fused-ring (bicyclic) bond motifs is 1. The highest BCUT2D eigenvalue weighted by atomic mass is 79.9. The molecule has 3 rings (SSSR count). The van der Waals surface area contributed by atoms with Crippen LogP contribution in [0.4, 0.5) is 0 Å². The van der Waals surface area contributed by atoms with Crippen LogP contribution in [0.5, 0.6) is 0 Å². The van der Waals surface area contributed by atoms with E-state index in [1.807, 2.05) is 24.3 Å². The summed E-state index contributed by atoms with van der Waals surface area (Å²) in [5.41, 5.74) is 3.67. The first-order chi connectivity index (χ1) is 10.3. The van der Waals surface area contributed by atoms with Crippen molar-refractivity contribution < 1.29 is 4.79 Å². The van der Waals surface area contributed by atoms with Crippen molar-refractivity contribution in [1.82, 2.24) is 5.43 Å². The number of benzene rings is 1. The van der Waals surface area contributed by atoms with Gasteiger partial charge >= 0.3 is 0 Å². The van der Waals surface area contributed by atoms with Gasteiger partial charge in [-0.1, -0.05) is 40.2 Å². The maximum atomic E-state index is 12.2. The molecule has 0 heterocycles. The van der Waals surface area contributed by atoms with Gasteiger partial charge in [-0.15, -0.1) is 0 Å². The molecule has 0 bridgehead atoms. The van der Waals surface area contributed by atoms with Crippen molar-refractivity contribution in [2.24, 2.45) is 22.9 Å². The molecule has 0 aromatic heterocycles. The van der Waals surface area contributed by atoms with Gasteiger partial charge in [-0.25, -0.2) is 5.43 Å². The Labute approximate surface area is 133 Å². The summed E-state index contributed by atoms with van der Waals surface area (Å²) < 4.78 is 1.01. The Bertz CT molecular complexity index is 566. The summed E-state index contributed by atoms with van der Waals surface area (Å²) in [7, 11) is 0. The van der Waals surface area contributed by atoms with Gasteiger partial charge in [0.2, 0.25) is 5.91 Å². The summed E-state index contributed by atoms with van der Waals surface area (Å²) in [5.74, 6) is 1.38. The fraction of sp³-hybridized carbons (Fsp3) is 0.412. The number of halogens is 1. The molecule has 2 unspecified atom stereocenters. The number of carbonyl (C=O) groups excluding carboxylic acids is 1. The molecule has 110 valence electrons. The van der Waals surface area contributed by atoms with Crippen molar-refractivity contribution in [2.75, 3.05) is 0 Å². The van der Waals surface area contributed by atoms with E-state index in [9.17, 15) is 4.79 Å². The van der Waals surface area contributed by atoms with E-state index in [2.05, 4.69) is 38.6 Å². The average Bonchev–Trinajstić information content (AvgIpc) is 3.10. The quantitative estimate of drug-likeness (QED) is 0.503. The molecule has 0 saturated heterocycles. The summed E-state index contributed by atoms with van der Waals surface area (Å²) in [6.45, 7) is 0. The lowest BCUT2D eigenvalue weighted by atomic mass is 10.1. The van der Waals surface area contributed by atoms with Gasteiger partial charge < -0.3 is 0 Å². The van der Waals surface area contributed by atoms with E-state index in [0.29, 0.717) is 11.8 Å². The summed E-state index contributed by atoms with van der Waals surface area (Å²) in [4.78, 5) is 12.2. The molecule has 1 fully saturated rings. The topological polar surface area (TPSA) is 41.5 Å². The molecule has 0 aliphatic heterocycles. The van der Waals surface area contributed by atoms with Gasteiger partial charge in [-0.2, -0.15) is 5.10 Å². The zero-order valence-electron chi connectivity index (χ0n) is 11.8. The Balaban J connectivity index is 1.53. The van der Waals surface area contributed by atoms with Crippen LogP contribution in [0, 0.1) is 17.8 Å². The second-order valence-corrected chi connectivity index (χ2v) is 6.68. The molecule has 2 atom stereocenters. The second kappa shape index (κ2) is 6.56. The van der Waals surface area contributed by atoms with Crippen LogP contribution in [-0.4, -0.2) is 12.1 Å². The third-order valence-electron chi connectivity index (χ3n) is 4.37. The molecule has 3 nitrogen and oxygen atoms in total. The van der Waals surface area contributed by atoms with Gasteiger partial charge in [0.05, 0.1) is 6.21 Å². The minimum atomic E-state index is 0.0816. The minimum absolute atomic E-state index is 0.0816. The molecule has 21 heavy (non-hydrogen) atoms. The van der Waals surface area contributed by atoms with Gasteiger partial charge in [0.15, 0.2) is 0 Å². The SMILES string of the molecule is O=C(NN=Cc1cccc(Br)c1)C1C2CCC=CCCC21. The highest BCUT2D eigenvalue weighted by molar-refractivity contribution is 9.10. The van der Waals surface area contributed by atoms with Crippen molar-refractivity contribution >= 4 is 28.1 Å². The van der Waals surface area contributed by atoms with Gasteiger partial charge in [0.1, 0.15) is 0 Å². The molecule has 4 heteroatoms. The summed E-state index contributed by atoms with van der Waals surface area (Å²) in [6, 6.07) is 7.83. The molecule has 1 saturated carbocycles. The number of hydrazone groups is 1. The fourth-order valence-corrected chi connectivity index (χ4v) is 3.68. The molecule has 1 amide bonds. The number of hydrogen-bond donors (Lipinski definition) is 1. The largest absolute Gasteiger partial charge is 0.273 e. The molecule has 2 aliphatic rings. The van der Waals surface area contributed by atoms with E-state index < -0.39 is 0 Å². The smallest absolute Gasteiger partial charge is 0.243 e. The number of allylic oxidation sites excluding steroid dienone is 2. The highest BCUT2D eigenvalue weighted by Gasteiger charge is 2.53. The first kappa shape index (κ1) is 14.5. The summed E-state index contributed by atoms with van der Waals surface area (Å²) in [6.07, 6.45) is 10.7. The van der Waals surface area contributed by atoms with E-state index in [4.69, 9.17) is 0 Å². The summed E-state index contributed by atoms with van der Waals surface area (Å²) in [5, 5.41) is 4.09. The number of carbonyl (C=O) groups is 1. The Morgan fingerprint density at radius 3 is 2.62 bits per heavy atom. The van der Waals surface area contributed by atoms with Crippen LogP contribution >= 0.6 is 15.9 Å². The minimum Gasteiger partial charge on any atom is -0.273 e. The normalized spacial score (nSPS) is 27.8. The van der Waals surface area contributed by atoms with Crippen LogP contribution in [0.25, 0.3) is 0 Å². The van der Waals surface area contributed by atoms with E-state index in [1.54, 1.807) is 6.21 Å². The molecular weight excluding hydrogens is 328 g/mol. The number of amides is 1. The van der Waals surface area contributed by atoms with Crippen LogP contribution < -0.4 is 5.43 Å². The van der Waals surface area contributed by atoms with Gasteiger partial charge in [0.25, 0.3) is 0 Å². The predicted molar refractivity (Wildman–Crippen MR) is 88.0 cm³/mol. The van der Waals surface area contributed by atoms with Gasteiger partial charge in [0, 0.05) is 10.4 Å². The van der Waals surface area contributed by atoms with Gasteiger partial charge in [-0.05, 0) is 55.2 Å². The first-order valence-corrected chi connectivity index (χ1v) is 8.28. The van der Waals surface area contributed by atoms with E-state index in [1.165, 1.54) is 0 Å². The Morgan fingerprint density at radius 2 is 1.95 bits per heavy atom. The van der Waals surface area contributed by atoms with Crippen molar-refractivity contribution in [2.45, 2.75) is 25.7 Å². The van der Waals surface area contributed by atoms with Crippen LogP contribution in [0.3, 0.4) is 0 Å². The Hall–Kier alpha value is -1.42. The van der Waals surface area contributed by atoms with Crippen LogP contribution in [0.15, 0.2) is 46.0 Å². The fourth-order valence-electron chi connectivity index (χ4n) is 3.27. The number of rotatable bonds is 3. The lowest BCUT2D eigenvalue weighted by Crippen LogP contribution is -2.21. The Kier molecular flexibility index (Phi) is 4.54. The number of nitrogens with zero attached hydrogens (tertiary/aromatic N) is 1. The lowest BCUT2D eigenvalue weighted by molar-refractivity contribution is -0.122. The van der Waals surface area contributed by atoms with Crippen LogP contribution in [0.1, 0.15) is 31.2 Å². The molecule has 1 N–H and O–H groups in total. The zero-order chi connectivity index (χ0) is 14.7. The monoisotopic (exact) mass is 346 g/mol. The predicted octanol–water partition coefficient (Wildman–Crippen LogP) is 3.89. The molecule has 0 spiro atoms. The second-order valence-electron chi connectivity index (χ2n) is 5.77. The Morgan fingerprint density at radius 1 is 1.24 bits per heavy atom. The van der Waals surface area contributed by atoms with E-state index >= 15 is 0 Å².